The molecular formula is C19H18ClN3O3S. The van der Waals surface area contributed by atoms with Gasteiger partial charge in [0.2, 0.25) is 0 Å². The molecule has 0 atom stereocenters. The Balaban J connectivity index is 1.56. The number of para-hydroxylation sites is 2. The maximum atomic E-state index is 6.38. The van der Waals surface area contributed by atoms with Gasteiger partial charge >= 0.3 is 0 Å². The molecule has 0 aliphatic carbocycles. The van der Waals surface area contributed by atoms with Crippen LogP contribution in [0.15, 0.2) is 47.9 Å². The van der Waals surface area contributed by atoms with Crippen molar-refractivity contribution in [2.45, 2.75) is 17.3 Å². The summed E-state index contributed by atoms with van der Waals surface area (Å²) in [6, 6.07) is 11.6. The lowest BCUT2D eigenvalue weighted by Gasteiger charge is -2.12. The van der Waals surface area contributed by atoms with Crippen molar-refractivity contribution in [3.8, 4) is 22.9 Å². The summed E-state index contributed by atoms with van der Waals surface area (Å²) in [6.45, 7) is 1.24. The van der Waals surface area contributed by atoms with E-state index in [-0.39, 0.29) is 0 Å². The second kappa shape index (κ2) is 8.10. The van der Waals surface area contributed by atoms with E-state index in [0.29, 0.717) is 35.5 Å². The molecule has 6 nitrogen and oxygen atoms in total. The Bertz CT molecular complexity index is 948. The number of aromatic nitrogens is 3. The molecule has 0 radical (unpaired) electrons. The molecule has 0 unspecified atom stereocenters. The predicted molar refractivity (Wildman–Crippen MR) is 105 cm³/mol. The Hall–Kier alpha value is -2.38. The van der Waals surface area contributed by atoms with Crippen LogP contribution in [-0.2, 0) is 5.75 Å². The monoisotopic (exact) mass is 403 g/mol. The summed E-state index contributed by atoms with van der Waals surface area (Å²) in [4.78, 5) is 0. The van der Waals surface area contributed by atoms with Crippen molar-refractivity contribution in [3.05, 3.63) is 53.3 Å². The van der Waals surface area contributed by atoms with Crippen LogP contribution in [0.3, 0.4) is 0 Å². The van der Waals surface area contributed by atoms with Gasteiger partial charge < -0.3 is 14.2 Å². The van der Waals surface area contributed by atoms with Crippen molar-refractivity contribution in [1.29, 1.82) is 0 Å². The van der Waals surface area contributed by atoms with Gasteiger partial charge in [-0.15, -0.1) is 10.2 Å². The standard InChI is InChI=1S/C19H18ClN3O3S/c1-24-16-6-3-2-5-15(16)23-12-21-22-19(23)27-11-13-9-14(20)18-17(10-13)25-7-4-8-26-18/h2-3,5-6,9-10,12H,4,7-8,11H2,1H3. The van der Waals surface area contributed by atoms with Crippen LogP contribution in [0.4, 0.5) is 0 Å². The van der Waals surface area contributed by atoms with Gasteiger partial charge in [-0.2, -0.15) is 0 Å². The van der Waals surface area contributed by atoms with Crippen LogP contribution in [0, 0.1) is 0 Å². The van der Waals surface area contributed by atoms with Crippen LogP contribution in [0.2, 0.25) is 5.02 Å². The molecule has 1 aromatic heterocycles. The van der Waals surface area contributed by atoms with E-state index in [4.69, 9.17) is 25.8 Å². The van der Waals surface area contributed by atoms with Crippen molar-refractivity contribution in [1.82, 2.24) is 14.8 Å². The van der Waals surface area contributed by atoms with Crippen molar-refractivity contribution in [2.24, 2.45) is 0 Å². The quantitative estimate of drug-likeness (QED) is 0.589. The second-order valence-corrected chi connectivity index (χ2v) is 7.25. The molecule has 2 aromatic carbocycles. The molecule has 0 saturated carbocycles. The molecule has 0 saturated heterocycles. The molecule has 1 aliphatic rings. The van der Waals surface area contributed by atoms with E-state index in [1.807, 2.05) is 41.0 Å². The van der Waals surface area contributed by atoms with Gasteiger partial charge in [0, 0.05) is 12.2 Å². The molecule has 140 valence electrons. The highest BCUT2D eigenvalue weighted by Gasteiger charge is 2.17. The Morgan fingerprint density at radius 1 is 1.22 bits per heavy atom. The molecule has 0 amide bonds. The van der Waals surface area contributed by atoms with E-state index >= 15 is 0 Å². The van der Waals surface area contributed by atoms with Crippen LogP contribution in [0.5, 0.6) is 17.2 Å². The molecule has 0 N–H and O–H groups in total. The van der Waals surface area contributed by atoms with Gasteiger partial charge in [-0.3, -0.25) is 4.57 Å². The number of thioether (sulfide) groups is 1. The fourth-order valence-corrected chi connectivity index (χ4v) is 3.97. The maximum Gasteiger partial charge on any atom is 0.196 e. The highest BCUT2D eigenvalue weighted by Crippen LogP contribution is 2.39. The number of methoxy groups -OCH3 is 1. The minimum absolute atomic E-state index is 0.566. The fourth-order valence-electron chi connectivity index (χ4n) is 2.83. The lowest BCUT2D eigenvalue weighted by atomic mass is 10.2. The van der Waals surface area contributed by atoms with E-state index in [9.17, 15) is 0 Å². The van der Waals surface area contributed by atoms with Crippen molar-refractivity contribution < 1.29 is 14.2 Å². The zero-order valence-corrected chi connectivity index (χ0v) is 16.3. The summed E-state index contributed by atoms with van der Waals surface area (Å²) in [5.74, 6) is 2.75. The van der Waals surface area contributed by atoms with E-state index < -0.39 is 0 Å². The summed E-state index contributed by atoms with van der Waals surface area (Å²) in [5.41, 5.74) is 1.92. The SMILES string of the molecule is COc1ccccc1-n1cnnc1SCc1cc(Cl)c2c(c1)OCCCO2. The van der Waals surface area contributed by atoms with Gasteiger partial charge in [0.05, 0.1) is 31.0 Å². The fraction of sp³-hybridized carbons (Fsp3) is 0.263. The van der Waals surface area contributed by atoms with Gasteiger partial charge in [-0.1, -0.05) is 35.5 Å². The smallest absolute Gasteiger partial charge is 0.196 e. The van der Waals surface area contributed by atoms with Gasteiger partial charge in [0.15, 0.2) is 16.7 Å². The zero-order chi connectivity index (χ0) is 18.6. The van der Waals surface area contributed by atoms with Crippen LogP contribution < -0.4 is 14.2 Å². The normalized spacial score (nSPS) is 13.3. The Labute approximate surface area is 166 Å². The molecule has 0 fully saturated rings. The number of fused-ring (bicyclic) bond motifs is 1. The molecule has 1 aliphatic heterocycles. The predicted octanol–water partition coefficient (Wildman–Crippen LogP) is 4.38. The molecule has 2 heterocycles. The number of hydrogen-bond donors (Lipinski definition) is 0. The number of nitrogens with zero attached hydrogens (tertiary/aromatic N) is 3. The van der Waals surface area contributed by atoms with E-state index in [1.54, 1.807) is 25.2 Å². The van der Waals surface area contributed by atoms with Gasteiger partial charge in [-0.25, -0.2) is 0 Å². The summed E-state index contributed by atoms with van der Waals surface area (Å²) in [7, 11) is 1.65. The summed E-state index contributed by atoms with van der Waals surface area (Å²) in [6.07, 6.45) is 2.53. The van der Waals surface area contributed by atoms with E-state index in [1.165, 1.54) is 0 Å². The first-order chi connectivity index (χ1) is 13.3. The third kappa shape index (κ3) is 3.84. The average molecular weight is 404 g/mol. The Kier molecular flexibility index (Phi) is 5.40. The van der Waals surface area contributed by atoms with E-state index in [0.717, 1.165) is 28.6 Å². The summed E-state index contributed by atoms with van der Waals surface area (Å²) < 4.78 is 18.8. The Morgan fingerprint density at radius 3 is 2.96 bits per heavy atom. The van der Waals surface area contributed by atoms with Crippen molar-refractivity contribution in [2.75, 3.05) is 20.3 Å². The highest BCUT2D eigenvalue weighted by atomic mass is 35.5. The highest BCUT2D eigenvalue weighted by molar-refractivity contribution is 7.98. The number of hydrogen-bond acceptors (Lipinski definition) is 6. The van der Waals surface area contributed by atoms with Crippen LogP contribution in [0.25, 0.3) is 5.69 Å². The van der Waals surface area contributed by atoms with Crippen LogP contribution >= 0.6 is 23.4 Å². The lowest BCUT2D eigenvalue weighted by Crippen LogP contribution is -1.99. The molecular weight excluding hydrogens is 386 g/mol. The minimum Gasteiger partial charge on any atom is -0.495 e. The van der Waals surface area contributed by atoms with E-state index in [2.05, 4.69) is 10.2 Å². The number of ether oxygens (including phenoxy) is 3. The molecule has 0 spiro atoms. The first-order valence-corrected chi connectivity index (χ1v) is 9.87. The van der Waals surface area contributed by atoms with Crippen LogP contribution in [-0.4, -0.2) is 35.1 Å². The maximum absolute atomic E-state index is 6.38. The topological polar surface area (TPSA) is 58.4 Å². The Morgan fingerprint density at radius 2 is 2.07 bits per heavy atom. The minimum atomic E-state index is 0.566. The zero-order valence-electron chi connectivity index (χ0n) is 14.7. The van der Waals surface area contributed by atoms with Crippen molar-refractivity contribution in [3.63, 3.8) is 0 Å². The summed E-state index contributed by atoms with van der Waals surface area (Å²) >= 11 is 7.95. The first kappa shape index (κ1) is 18.0. The van der Waals surface area contributed by atoms with Gasteiger partial charge in [0.1, 0.15) is 12.1 Å². The molecule has 3 aromatic rings. The second-order valence-electron chi connectivity index (χ2n) is 5.90. The number of halogens is 1. The van der Waals surface area contributed by atoms with Gasteiger partial charge in [-0.05, 0) is 29.8 Å². The van der Waals surface area contributed by atoms with Crippen molar-refractivity contribution >= 4 is 23.4 Å². The molecule has 4 rings (SSSR count). The van der Waals surface area contributed by atoms with Crippen LogP contribution in [0.1, 0.15) is 12.0 Å². The first-order valence-electron chi connectivity index (χ1n) is 8.50. The summed E-state index contributed by atoms with van der Waals surface area (Å²) in [5, 5.41) is 9.62. The average Bonchev–Trinajstić information content (AvgIpc) is 3.02. The molecule has 0 bridgehead atoms. The largest absolute Gasteiger partial charge is 0.495 e. The lowest BCUT2D eigenvalue weighted by molar-refractivity contribution is 0.297. The molecule has 27 heavy (non-hydrogen) atoms. The number of rotatable bonds is 5. The third-order valence-electron chi connectivity index (χ3n) is 4.09. The van der Waals surface area contributed by atoms with Gasteiger partial charge in [0.25, 0.3) is 0 Å². The number of benzene rings is 2. The third-order valence-corrected chi connectivity index (χ3v) is 5.39. The molecule has 8 heteroatoms.